The molecule has 1 N–H and O–H groups in total. The van der Waals surface area contributed by atoms with Crippen LogP contribution in [0.5, 0.6) is 0 Å². The average molecular weight is 285 g/mol. The van der Waals surface area contributed by atoms with Crippen molar-refractivity contribution in [2.24, 2.45) is 0 Å². The van der Waals surface area contributed by atoms with Gasteiger partial charge in [-0.05, 0) is 44.1 Å². The Hall–Kier alpha value is -0.220. The van der Waals surface area contributed by atoms with E-state index in [1.807, 2.05) is 18.7 Å². The lowest BCUT2D eigenvalue weighted by molar-refractivity contribution is -0.152. The first kappa shape index (κ1) is 15.2. The van der Waals surface area contributed by atoms with Gasteiger partial charge in [-0.1, -0.05) is 25.7 Å². The van der Waals surface area contributed by atoms with E-state index in [4.69, 9.17) is 4.74 Å². The molecule has 3 nitrogen and oxygen atoms in total. The molecule has 4 heteroatoms. The van der Waals surface area contributed by atoms with Crippen LogP contribution in [0, 0.1) is 0 Å². The zero-order valence-electron chi connectivity index (χ0n) is 12.1. The molecule has 0 radical (unpaired) electrons. The van der Waals surface area contributed by atoms with Gasteiger partial charge < -0.3 is 4.74 Å². The number of hydrogen-bond donors (Lipinski definition) is 1. The van der Waals surface area contributed by atoms with Crippen LogP contribution in [0.3, 0.4) is 0 Å². The normalized spacial score (nSPS) is 24.7. The van der Waals surface area contributed by atoms with Gasteiger partial charge in [0.15, 0.2) is 0 Å². The molecule has 2 fully saturated rings. The Morgan fingerprint density at radius 1 is 1.21 bits per heavy atom. The molecule has 0 aromatic rings. The average Bonchev–Trinajstić information content (AvgIpc) is 2.69. The molecule has 1 aliphatic carbocycles. The van der Waals surface area contributed by atoms with Crippen molar-refractivity contribution in [2.45, 2.75) is 69.9 Å². The molecule has 110 valence electrons. The van der Waals surface area contributed by atoms with Crippen LogP contribution in [0.2, 0.25) is 0 Å². The molecule has 0 unspecified atom stereocenters. The Morgan fingerprint density at radius 2 is 1.84 bits per heavy atom. The van der Waals surface area contributed by atoms with Gasteiger partial charge in [0.1, 0.15) is 5.54 Å². The minimum Gasteiger partial charge on any atom is -0.465 e. The van der Waals surface area contributed by atoms with E-state index in [9.17, 15) is 4.79 Å². The predicted molar refractivity (Wildman–Crippen MR) is 80.5 cm³/mol. The topological polar surface area (TPSA) is 38.3 Å². The summed E-state index contributed by atoms with van der Waals surface area (Å²) in [5.74, 6) is 2.12. The summed E-state index contributed by atoms with van der Waals surface area (Å²) in [5.41, 5.74) is -0.393. The van der Waals surface area contributed by atoms with Crippen LogP contribution in [0.1, 0.15) is 58.3 Å². The summed E-state index contributed by atoms with van der Waals surface area (Å²) in [6, 6.07) is 0.509. The van der Waals surface area contributed by atoms with Crippen molar-refractivity contribution in [3.8, 4) is 0 Å². The molecule has 1 saturated heterocycles. The van der Waals surface area contributed by atoms with Crippen LogP contribution in [-0.2, 0) is 9.53 Å². The van der Waals surface area contributed by atoms with Crippen molar-refractivity contribution >= 4 is 17.7 Å². The van der Waals surface area contributed by atoms with Gasteiger partial charge in [0.25, 0.3) is 0 Å². The number of rotatable bonds is 4. The molecule has 2 aliphatic rings. The fraction of sp³-hybridized carbons (Fsp3) is 0.933. The maximum atomic E-state index is 12.4. The lowest BCUT2D eigenvalue weighted by atomic mass is 9.90. The third-order valence-electron chi connectivity index (χ3n) is 4.35. The zero-order valence-corrected chi connectivity index (χ0v) is 12.9. The molecule has 1 aliphatic heterocycles. The summed E-state index contributed by atoms with van der Waals surface area (Å²) in [4.78, 5) is 12.4. The van der Waals surface area contributed by atoms with E-state index in [0.29, 0.717) is 12.6 Å². The largest absolute Gasteiger partial charge is 0.465 e. The second-order valence-corrected chi connectivity index (χ2v) is 6.97. The molecular weight excluding hydrogens is 258 g/mol. The quantitative estimate of drug-likeness (QED) is 0.636. The standard InChI is InChI=1S/C15H27NO2S/c1-2-18-14(17)15(9-11-19-12-10-15)16-13-7-5-3-4-6-8-13/h13,16H,2-12H2,1H3. The van der Waals surface area contributed by atoms with Gasteiger partial charge in [-0.15, -0.1) is 0 Å². The monoisotopic (exact) mass is 285 g/mol. The summed E-state index contributed by atoms with van der Waals surface area (Å²) in [6.07, 6.45) is 9.57. The maximum absolute atomic E-state index is 12.4. The summed E-state index contributed by atoms with van der Waals surface area (Å²) in [6.45, 7) is 2.38. The highest BCUT2D eigenvalue weighted by Crippen LogP contribution is 2.30. The minimum absolute atomic E-state index is 0.0143. The van der Waals surface area contributed by atoms with Crippen molar-refractivity contribution < 1.29 is 9.53 Å². The van der Waals surface area contributed by atoms with Crippen molar-refractivity contribution in [1.82, 2.24) is 5.32 Å². The number of ether oxygens (including phenoxy) is 1. The zero-order chi connectivity index (χ0) is 13.6. The number of carbonyl (C=O) groups excluding carboxylic acids is 1. The van der Waals surface area contributed by atoms with Crippen molar-refractivity contribution in [3.05, 3.63) is 0 Å². The van der Waals surface area contributed by atoms with Crippen LogP contribution in [0.15, 0.2) is 0 Å². The van der Waals surface area contributed by atoms with Gasteiger partial charge in [-0.25, -0.2) is 0 Å². The summed E-state index contributed by atoms with van der Waals surface area (Å²) in [7, 11) is 0. The number of thioether (sulfide) groups is 1. The number of nitrogens with one attached hydrogen (secondary N) is 1. The van der Waals surface area contributed by atoms with Crippen LogP contribution in [0.4, 0.5) is 0 Å². The second kappa shape index (κ2) is 7.53. The summed E-state index contributed by atoms with van der Waals surface area (Å²) >= 11 is 1.95. The second-order valence-electron chi connectivity index (χ2n) is 5.75. The Labute approximate surface area is 121 Å². The van der Waals surface area contributed by atoms with E-state index in [1.54, 1.807) is 0 Å². The Balaban J connectivity index is 2.01. The SMILES string of the molecule is CCOC(=O)C1(NC2CCCCCC2)CCSCC1. The van der Waals surface area contributed by atoms with Gasteiger partial charge in [0, 0.05) is 6.04 Å². The van der Waals surface area contributed by atoms with Crippen molar-refractivity contribution in [3.63, 3.8) is 0 Å². The molecule has 0 atom stereocenters. The smallest absolute Gasteiger partial charge is 0.326 e. The van der Waals surface area contributed by atoms with E-state index < -0.39 is 5.54 Å². The summed E-state index contributed by atoms with van der Waals surface area (Å²) in [5, 5.41) is 3.71. The van der Waals surface area contributed by atoms with Gasteiger partial charge in [0.05, 0.1) is 6.61 Å². The van der Waals surface area contributed by atoms with Gasteiger partial charge >= 0.3 is 5.97 Å². The molecule has 0 amide bonds. The van der Waals surface area contributed by atoms with Gasteiger partial charge in [0.2, 0.25) is 0 Å². The van der Waals surface area contributed by atoms with E-state index in [2.05, 4.69) is 5.32 Å². The molecule has 19 heavy (non-hydrogen) atoms. The van der Waals surface area contributed by atoms with Crippen LogP contribution >= 0.6 is 11.8 Å². The minimum atomic E-state index is -0.393. The molecule has 1 saturated carbocycles. The number of hydrogen-bond acceptors (Lipinski definition) is 4. The van der Waals surface area contributed by atoms with E-state index in [-0.39, 0.29) is 5.97 Å². The lowest BCUT2D eigenvalue weighted by Gasteiger charge is -2.38. The third-order valence-corrected chi connectivity index (χ3v) is 5.33. The van der Waals surface area contributed by atoms with Gasteiger partial charge in [-0.2, -0.15) is 11.8 Å². The first-order valence-corrected chi connectivity index (χ1v) is 8.95. The van der Waals surface area contributed by atoms with E-state index in [0.717, 1.165) is 24.3 Å². The highest BCUT2D eigenvalue weighted by atomic mass is 32.2. The first-order valence-electron chi connectivity index (χ1n) is 7.79. The Bertz CT molecular complexity index is 282. The molecule has 1 heterocycles. The van der Waals surface area contributed by atoms with Crippen molar-refractivity contribution in [1.29, 1.82) is 0 Å². The highest BCUT2D eigenvalue weighted by molar-refractivity contribution is 7.99. The summed E-state index contributed by atoms with van der Waals surface area (Å²) < 4.78 is 5.35. The Morgan fingerprint density at radius 3 is 2.42 bits per heavy atom. The first-order chi connectivity index (χ1) is 9.27. The maximum Gasteiger partial charge on any atom is 0.326 e. The molecule has 0 bridgehead atoms. The van der Waals surface area contributed by atoms with Crippen LogP contribution in [-0.4, -0.2) is 35.7 Å². The van der Waals surface area contributed by atoms with E-state index in [1.165, 1.54) is 38.5 Å². The predicted octanol–water partition coefficient (Wildman–Crippen LogP) is 3.13. The number of carbonyl (C=O) groups is 1. The van der Waals surface area contributed by atoms with Gasteiger partial charge in [-0.3, -0.25) is 10.1 Å². The molecule has 0 aromatic heterocycles. The fourth-order valence-corrected chi connectivity index (χ4v) is 4.40. The highest BCUT2D eigenvalue weighted by Gasteiger charge is 2.42. The molecule has 0 aromatic carbocycles. The van der Waals surface area contributed by atoms with E-state index >= 15 is 0 Å². The molecule has 0 spiro atoms. The van der Waals surface area contributed by atoms with Crippen LogP contribution < -0.4 is 5.32 Å². The van der Waals surface area contributed by atoms with Crippen molar-refractivity contribution in [2.75, 3.05) is 18.1 Å². The molecule has 2 rings (SSSR count). The Kier molecular flexibility index (Phi) is 6.02. The molecular formula is C15H27NO2S. The number of esters is 1. The lowest BCUT2D eigenvalue weighted by Crippen LogP contribution is -2.58. The fourth-order valence-electron chi connectivity index (χ4n) is 3.21. The van der Waals surface area contributed by atoms with Crippen LogP contribution in [0.25, 0.3) is 0 Å². The third kappa shape index (κ3) is 4.12.